The highest BCUT2D eigenvalue weighted by molar-refractivity contribution is 9.09. The molecule has 2 fully saturated rings. The maximum absolute atomic E-state index is 12.4. The van der Waals surface area contributed by atoms with Crippen LogP contribution in [-0.2, 0) is 80.9 Å². The van der Waals surface area contributed by atoms with Gasteiger partial charge in [-0.25, -0.2) is 0 Å². The van der Waals surface area contributed by atoms with Gasteiger partial charge in [-0.1, -0.05) is 15.9 Å². The van der Waals surface area contributed by atoms with E-state index in [2.05, 4.69) is 15.9 Å². The van der Waals surface area contributed by atoms with E-state index in [0.717, 1.165) is 27.7 Å². The maximum atomic E-state index is 12.4. The minimum Gasteiger partial charge on any atom is -0.463 e. The Morgan fingerprint density at radius 3 is 1.50 bits per heavy atom. The Bertz CT molecular complexity index is 1160. The number of rotatable bonds is 11. The molecule has 2 aliphatic rings. The molecule has 0 aromatic carbocycles. The van der Waals surface area contributed by atoms with Crippen LogP contribution in [0.25, 0.3) is 0 Å². The second-order valence-electron chi connectivity index (χ2n) is 9.29. The van der Waals surface area contributed by atoms with Crippen molar-refractivity contribution in [2.75, 3.05) is 13.2 Å². The molecule has 0 aromatic heterocycles. The summed E-state index contributed by atoms with van der Waals surface area (Å²) >= 11 is 3.15. The molecule has 18 heteroatoms. The number of ether oxygens (including phenoxy) is 10. The van der Waals surface area contributed by atoms with Gasteiger partial charge >= 0.3 is 41.8 Å². The predicted molar refractivity (Wildman–Crippen MR) is 142 cm³/mol. The van der Waals surface area contributed by atoms with Gasteiger partial charge in [-0.2, -0.15) is 0 Å². The van der Waals surface area contributed by atoms with Crippen molar-refractivity contribution in [3.8, 4) is 0 Å². The van der Waals surface area contributed by atoms with E-state index in [9.17, 15) is 33.6 Å². The highest BCUT2D eigenvalue weighted by atomic mass is 79.9. The van der Waals surface area contributed by atoms with Gasteiger partial charge in [0.1, 0.15) is 31.5 Å². The molecule has 0 aliphatic carbocycles. The Morgan fingerprint density at radius 2 is 0.977 bits per heavy atom. The van der Waals surface area contributed by atoms with Crippen LogP contribution in [0.4, 0.5) is 0 Å². The lowest BCUT2D eigenvalue weighted by atomic mass is 9.96. The van der Waals surface area contributed by atoms with Crippen LogP contribution >= 0.6 is 15.9 Å². The number of alkyl halides is 1. The minimum absolute atomic E-state index is 0.603. The first-order valence-electron chi connectivity index (χ1n) is 14.9. The van der Waals surface area contributed by atoms with Crippen molar-refractivity contribution in [3.05, 3.63) is 0 Å². The third-order valence-electron chi connectivity index (χ3n) is 5.76. The van der Waals surface area contributed by atoms with E-state index in [1.807, 2.05) is 0 Å². The first-order valence-corrected chi connectivity index (χ1v) is 13.7. The lowest BCUT2D eigenvalue weighted by Crippen LogP contribution is -2.66. The van der Waals surface area contributed by atoms with Crippen molar-refractivity contribution in [2.24, 2.45) is 0 Å². The van der Waals surface area contributed by atoms with Gasteiger partial charge in [0.15, 0.2) is 41.8 Å². The smallest absolute Gasteiger partial charge is 0.303 e. The summed E-state index contributed by atoms with van der Waals surface area (Å²) in [4.78, 5) is 84.6. The lowest BCUT2D eigenvalue weighted by Gasteiger charge is -2.48. The van der Waals surface area contributed by atoms with E-state index in [4.69, 9.17) is 51.5 Å². The Kier molecular flexibility index (Phi) is 12.1. The minimum atomic E-state index is -1.85. The van der Waals surface area contributed by atoms with Crippen LogP contribution in [0, 0.1) is 0 Å². The third kappa shape index (κ3) is 11.0. The molecule has 2 rings (SSSR count). The summed E-state index contributed by atoms with van der Waals surface area (Å²) in [5.41, 5.74) is 0. The average Bonchev–Trinajstić information content (AvgIpc) is 2.99. The van der Waals surface area contributed by atoms with Crippen LogP contribution in [-0.4, -0.2) is 115 Å². The summed E-state index contributed by atoms with van der Waals surface area (Å²) in [7, 11) is 0. The lowest BCUT2D eigenvalue weighted by molar-refractivity contribution is -0.341. The van der Waals surface area contributed by atoms with Gasteiger partial charge in [0.2, 0.25) is 0 Å². The molecule has 0 bridgehead atoms. The van der Waals surface area contributed by atoms with E-state index in [-0.39, 0.29) is 0 Å². The second kappa shape index (κ2) is 16.6. The predicted octanol–water partition coefficient (Wildman–Crippen LogP) is 0.00100. The van der Waals surface area contributed by atoms with Gasteiger partial charge in [0.25, 0.3) is 0 Å². The number of hydrogen-bond donors (Lipinski definition) is 0. The van der Waals surface area contributed by atoms with Gasteiger partial charge in [-0.15, -0.1) is 0 Å². The fourth-order valence-corrected chi connectivity index (χ4v) is 5.04. The fraction of sp³-hybridized carbons (Fsp3) is 0.731. The third-order valence-corrected chi connectivity index (χ3v) is 6.50. The number of esters is 7. The van der Waals surface area contributed by atoms with E-state index in [1.54, 1.807) is 0 Å². The standard InChI is InChI=1S/C26H35BrO17/c1-10(28)35-8-17-20(21(38-13(4)31)23(25(27)42-17)40-15(6)33)44-26-24(41-16(7)34)22(39-14(5)32)19(37-12(3)30)18(43-26)9-36-11(2)29/h17-26H,8-9H2,1-7H3/t17-,18-,19-,20-,21+,22+,23+,24+,25?,26+/m1/s1/i1D,4D,6D. The number of carbonyl (C=O) groups excluding carboxylic acids is 7. The SMILES string of the molecule is [2H]CC(=O)OC[C@H]1OC(Br)[C@@H](OC(=O)C[2H])[C@@H](OC(=O)C[2H])[C@@H]1O[C@@H]1O[C@H](COC(C)=O)[C@@H](OC(C)=O)[C@H](OC(C)=O)[C@@H]1OC(C)=O. The van der Waals surface area contributed by atoms with E-state index < -0.39 is 136 Å². The molecule has 2 saturated heterocycles. The number of hydrogen-bond acceptors (Lipinski definition) is 17. The first-order chi connectivity index (χ1) is 22.1. The largest absolute Gasteiger partial charge is 0.463 e. The molecule has 0 aromatic rings. The highest BCUT2D eigenvalue weighted by Gasteiger charge is 2.57. The Balaban J connectivity index is 2.70. The van der Waals surface area contributed by atoms with Gasteiger partial charge in [-0.05, 0) is 0 Å². The molecule has 0 spiro atoms. The van der Waals surface area contributed by atoms with E-state index >= 15 is 0 Å². The van der Waals surface area contributed by atoms with Crippen LogP contribution in [0.2, 0.25) is 0 Å². The highest BCUT2D eigenvalue weighted by Crippen LogP contribution is 2.36. The summed E-state index contributed by atoms with van der Waals surface area (Å²) in [6.07, 6.45) is -14.6. The maximum Gasteiger partial charge on any atom is 0.303 e. The Hall–Kier alpha value is -3.35. The summed E-state index contributed by atoms with van der Waals surface area (Å²) in [5, 5.41) is -1.28. The average molecular weight is 702 g/mol. The molecule has 0 saturated carbocycles. The number of carbonyl (C=O) groups is 7. The van der Waals surface area contributed by atoms with Gasteiger partial charge < -0.3 is 47.4 Å². The summed E-state index contributed by atoms with van der Waals surface area (Å²) in [6, 6.07) is 0. The molecule has 1 unspecified atom stereocenters. The molecule has 0 amide bonds. The zero-order valence-corrected chi connectivity index (χ0v) is 25.7. The van der Waals surface area contributed by atoms with Crippen molar-refractivity contribution in [1.29, 1.82) is 0 Å². The van der Waals surface area contributed by atoms with Gasteiger partial charge in [0, 0.05) is 52.5 Å². The van der Waals surface area contributed by atoms with Crippen LogP contribution in [0.15, 0.2) is 0 Å². The molecule has 248 valence electrons. The molecular weight excluding hydrogens is 664 g/mol. The van der Waals surface area contributed by atoms with Crippen LogP contribution in [0.1, 0.15) is 52.5 Å². The molecule has 10 atom stereocenters. The molecule has 0 radical (unpaired) electrons. The summed E-state index contributed by atoms with van der Waals surface area (Å²) in [6.45, 7) is 0.300. The molecule has 2 aliphatic heterocycles. The van der Waals surface area contributed by atoms with Gasteiger partial charge in [0.05, 0.1) is 0 Å². The first kappa shape index (κ1) is 32.1. The van der Waals surface area contributed by atoms with Crippen LogP contribution in [0.3, 0.4) is 0 Å². The normalized spacial score (nSPS) is 32.3. The topological polar surface area (TPSA) is 212 Å². The quantitative estimate of drug-likeness (QED) is 0.157. The van der Waals surface area contributed by atoms with Crippen LogP contribution in [0.5, 0.6) is 0 Å². The molecular formula is C26H35BrO17. The summed E-state index contributed by atoms with van der Waals surface area (Å²) < 4.78 is 76.8. The molecule has 17 nitrogen and oxygen atoms in total. The van der Waals surface area contributed by atoms with E-state index in [1.165, 1.54) is 0 Å². The second-order valence-corrected chi connectivity index (χ2v) is 10.2. The fourth-order valence-electron chi connectivity index (χ4n) is 4.36. The van der Waals surface area contributed by atoms with Crippen LogP contribution < -0.4 is 0 Å². The molecule has 0 N–H and O–H groups in total. The molecule has 2 heterocycles. The number of halogens is 1. The monoisotopic (exact) mass is 701 g/mol. The van der Waals surface area contributed by atoms with E-state index in [0.29, 0.717) is 0 Å². The van der Waals surface area contributed by atoms with Crippen molar-refractivity contribution in [1.82, 2.24) is 0 Å². The van der Waals surface area contributed by atoms with Crippen molar-refractivity contribution < 1.29 is 85.0 Å². The zero-order chi connectivity index (χ0) is 35.4. The zero-order valence-electron chi connectivity index (χ0n) is 27.1. The van der Waals surface area contributed by atoms with Gasteiger partial charge in [-0.3, -0.25) is 33.6 Å². The summed E-state index contributed by atoms with van der Waals surface area (Å²) in [5.74, 6) is -6.75. The molecule has 44 heavy (non-hydrogen) atoms. The Morgan fingerprint density at radius 1 is 0.545 bits per heavy atom. The Labute approximate surface area is 264 Å². The van der Waals surface area contributed by atoms with Crippen molar-refractivity contribution in [2.45, 2.75) is 109 Å². The van der Waals surface area contributed by atoms with Crippen molar-refractivity contribution >= 4 is 57.7 Å². The van der Waals surface area contributed by atoms with Crippen molar-refractivity contribution in [3.63, 3.8) is 0 Å².